The molecule has 0 spiro atoms. The van der Waals surface area contributed by atoms with Crippen LogP contribution < -0.4 is 11.1 Å². The fourth-order valence-electron chi connectivity index (χ4n) is 2.34. The summed E-state index contributed by atoms with van der Waals surface area (Å²) in [6, 6.07) is 0. The number of nitrogens with one attached hydrogen (secondary N) is 1. The van der Waals surface area contributed by atoms with Gasteiger partial charge in [0.25, 0.3) is 0 Å². The van der Waals surface area contributed by atoms with E-state index in [1.807, 2.05) is 0 Å². The fraction of sp³-hybridized carbons (Fsp3) is 0.929. The van der Waals surface area contributed by atoms with E-state index in [9.17, 15) is 0 Å². The van der Waals surface area contributed by atoms with E-state index >= 15 is 0 Å². The lowest BCUT2D eigenvalue weighted by Gasteiger charge is -2.23. The number of nitrogens with zero attached hydrogens (tertiary/aromatic N) is 1. The molecule has 19 heavy (non-hydrogen) atoms. The zero-order valence-corrected chi connectivity index (χ0v) is 11.8. The van der Waals surface area contributed by atoms with Crippen LogP contribution in [0.5, 0.6) is 0 Å². The van der Waals surface area contributed by atoms with Crippen molar-refractivity contribution in [3.63, 3.8) is 0 Å². The van der Waals surface area contributed by atoms with E-state index in [1.54, 1.807) is 0 Å². The van der Waals surface area contributed by atoms with E-state index in [0.717, 1.165) is 58.1 Å². The number of hydrogen-bond donors (Lipinski definition) is 2. The molecule has 5 heteroatoms. The molecule has 0 radical (unpaired) electrons. The van der Waals surface area contributed by atoms with Crippen LogP contribution in [0.4, 0.5) is 0 Å². The van der Waals surface area contributed by atoms with Gasteiger partial charge in [0.15, 0.2) is 5.96 Å². The highest BCUT2D eigenvalue weighted by Gasteiger charge is 2.16. The summed E-state index contributed by atoms with van der Waals surface area (Å²) in [5.41, 5.74) is 5.81. The molecule has 3 N–H and O–H groups in total. The van der Waals surface area contributed by atoms with Crippen LogP contribution in [0, 0.1) is 5.92 Å². The van der Waals surface area contributed by atoms with Gasteiger partial charge in [-0.3, -0.25) is 4.99 Å². The van der Waals surface area contributed by atoms with Gasteiger partial charge in [-0.15, -0.1) is 0 Å². The van der Waals surface area contributed by atoms with E-state index in [-0.39, 0.29) is 0 Å². The van der Waals surface area contributed by atoms with Crippen molar-refractivity contribution in [1.29, 1.82) is 0 Å². The molecule has 0 atom stereocenters. The zero-order chi connectivity index (χ0) is 13.3. The summed E-state index contributed by atoms with van der Waals surface area (Å²) in [7, 11) is 0. The Balaban J connectivity index is 1.44. The molecular weight excluding hydrogens is 242 g/mol. The first-order chi connectivity index (χ1) is 9.34. The van der Waals surface area contributed by atoms with Crippen LogP contribution in [0.1, 0.15) is 38.5 Å². The van der Waals surface area contributed by atoms with Crippen molar-refractivity contribution >= 4 is 5.96 Å². The first-order valence-corrected chi connectivity index (χ1v) is 7.58. The third kappa shape index (κ3) is 5.78. The van der Waals surface area contributed by atoms with Gasteiger partial charge in [0.2, 0.25) is 0 Å². The van der Waals surface area contributed by atoms with Gasteiger partial charge in [0, 0.05) is 32.9 Å². The topological polar surface area (TPSA) is 68.9 Å². The molecule has 1 aliphatic heterocycles. The first-order valence-electron chi connectivity index (χ1n) is 7.58. The van der Waals surface area contributed by atoms with Crippen molar-refractivity contribution in [2.75, 3.05) is 32.9 Å². The van der Waals surface area contributed by atoms with E-state index in [1.165, 1.54) is 19.3 Å². The second-order valence-corrected chi connectivity index (χ2v) is 5.49. The van der Waals surface area contributed by atoms with Crippen LogP contribution in [-0.2, 0) is 9.47 Å². The zero-order valence-electron chi connectivity index (χ0n) is 11.8. The van der Waals surface area contributed by atoms with Crippen molar-refractivity contribution in [2.24, 2.45) is 16.6 Å². The maximum absolute atomic E-state index is 5.81. The Morgan fingerprint density at radius 3 is 2.74 bits per heavy atom. The maximum Gasteiger partial charge on any atom is 0.188 e. The minimum atomic E-state index is 0.387. The minimum absolute atomic E-state index is 0.387. The smallest absolute Gasteiger partial charge is 0.188 e. The molecule has 0 bridgehead atoms. The summed E-state index contributed by atoms with van der Waals surface area (Å²) in [5, 5.41) is 3.15. The van der Waals surface area contributed by atoms with Gasteiger partial charge in [-0.1, -0.05) is 6.42 Å². The molecule has 1 aliphatic carbocycles. The number of ether oxygens (including phenoxy) is 2. The maximum atomic E-state index is 5.81. The molecule has 0 aromatic carbocycles. The molecule has 0 aromatic heterocycles. The monoisotopic (exact) mass is 269 g/mol. The Bertz CT molecular complexity index is 274. The second-order valence-electron chi connectivity index (χ2n) is 5.49. The largest absolute Gasteiger partial charge is 0.381 e. The number of hydrogen-bond acceptors (Lipinski definition) is 3. The third-order valence-corrected chi connectivity index (χ3v) is 3.89. The van der Waals surface area contributed by atoms with Crippen molar-refractivity contribution in [3.8, 4) is 0 Å². The molecule has 0 amide bonds. The van der Waals surface area contributed by atoms with E-state index in [0.29, 0.717) is 12.1 Å². The minimum Gasteiger partial charge on any atom is -0.381 e. The predicted molar refractivity (Wildman–Crippen MR) is 76.2 cm³/mol. The average molecular weight is 269 g/mol. The molecule has 1 heterocycles. The van der Waals surface area contributed by atoms with Gasteiger partial charge in [-0.25, -0.2) is 0 Å². The summed E-state index contributed by atoms with van der Waals surface area (Å²) in [6.45, 7) is 4.18. The highest BCUT2D eigenvalue weighted by molar-refractivity contribution is 5.77. The van der Waals surface area contributed by atoms with Crippen LogP contribution >= 0.6 is 0 Å². The standard InChI is InChI=1S/C14H27N3O2/c15-14(17-11-12-3-1-4-12)16-7-2-8-19-13-5-9-18-10-6-13/h12-13H,1-11H2,(H3,15,16,17). The predicted octanol–water partition coefficient (Wildman–Crippen LogP) is 1.28. The summed E-state index contributed by atoms with van der Waals surface area (Å²) >= 11 is 0. The Labute approximate surface area is 115 Å². The lowest BCUT2D eigenvalue weighted by atomic mass is 9.86. The van der Waals surface area contributed by atoms with Crippen molar-refractivity contribution in [3.05, 3.63) is 0 Å². The summed E-state index contributed by atoms with van der Waals surface area (Å²) in [4.78, 5) is 4.36. The SMILES string of the molecule is NC(=NCC1CCC1)NCCCOC1CCOCC1. The summed E-state index contributed by atoms with van der Waals surface area (Å²) in [6.07, 6.45) is 7.40. The molecule has 2 rings (SSSR count). The van der Waals surface area contributed by atoms with Crippen molar-refractivity contribution in [2.45, 2.75) is 44.6 Å². The quantitative estimate of drug-likeness (QED) is 0.415. The van der Waals surface area contributed by atoms with E-state index in [4.69, 9.17) is 15.2 Å². The van der Waals surface area contributed by atoms with Crippen LogP contribution in [-0.4, -0.2) is 45.0 Å². The van der Waals surface area contributed by atoms with Gasteiger partial charge in [0.1, 0.15) is 0 Å². The van der Waals surface area contributed by atoms with Crippen LogP contribution in [0.25, 0.3) is 0 Å². The van der Waals surface area contributed by atoms with Crippen LogP contribution in [0.15, 0.2) is 4.99 Å². The van der Waals surface area contributed by atoms with Gasteiger partial charge in [-0.2, -0.15) is 0 Å². The Morgan fingerprint density at radius 2 is 2.05 bits per heavy atom. The molecule has 1 saturated heterocycles. The average Bonchev–Trinajstić information content (AvgIpc) is 2.38. The molecule has 0 aromatic rings. The van der Waals surface area contributed by atoms with E-state index in [2.05, 4.69) is 10.3 Å². The van der Waals surface area contributed by atoms with Crippen molar-refractivity contribution < 1.29 is 9.47 Å². The molecule has 5 nitrogen and oxygen atoms in total. The molecule has 2 aliphatic rings. The Morgan fingerprint density at radius 1 is 1.26 bits per heavy atom. The van der Waals surface area contributed by atoms with Crippen LogP contribution in [0.3, 0.4) is 0 Å². The fourth-order valence-corrected chi connectivity index (χ4v) is 2.34. The van der Waals surface area contributed by atoms with Gasteiger partial charge in [-0.05, 0) is 38.0 Å². The highest BCUT2D eigenvalue weighted by Crippen LogP contribution is 2.26. The van der Waals surface area contributed by atoms with Gasteiger partial charge in [0.05, 0.1) is 6.10 Å². The number of nitrogens with two attached hydrogens (primary N) is 1. The Hall–Kier alpha value is -0.810. The molecular formula is C14H27N3O2. The normalized spacial score (nSPS) is 22.2. The molecule has 1 saturated carbocycles. The lowest BCUT2D eigenvalue weighted by Crippen LogP contribution is -2.34. The Kier molecular flexibility index (Phi) is 6.44. The molecule has 0 unspecified atom stereocenters. The number of rotatable bonds is 7. The van der Waals surface area contributed by atoms with E-state index < -0.39 is 0 Å². The van der Waals surface area contributed by atoms with Gasteiger partial charge < -0.3 is 20.5 Å². The molecule has 2 fully saturated rings. The lowest BCUT2D eigenvalue weighted by molar-refractivity contribution is -0.0320. The number of guanidine groups is 1. The van der Waals surface area contributed by atoms with Crippen molar-refractivity contribution in [1.82, 2.24) is 5.32 Å². The van der Waals surface area contributed by atoms with Gasteiger partial charge >= 0.3 is 0 Å². The third-order valence-electron chi connectivity index (χ3n) is 3.89. The summed E-state index contributed by atoms with van der Waals surface area (Å²) < 4.78 is 11.1. The number of aliphatic imine (C=N–C) groups is 1. The van der Waals surface area contributed by atoms with Crippen LogP contribution in [0.2, 0.25) is 0 Å². The highest BCUT2D eigenvalue weighted by atomic mass is 16.5. The second kappa shape index (κ2) is 8.38. The first kappa shape index (κ1) is 14.6. The summed E-state index contributed by atoms with van der Waals surface area (Å²) in [5.74, 6) is 1.36. The molecule has 110 valence electrons.